The normalized spacial score (nSPS) is 11.5. The van der Waals surface area contributed by atoms with Crippen LogP contribution in [0, 0.1) is 0 Å². The smallest absolute Gasteiger partial charge is 0.205 e. The van der Waals surface area contributed by atoms with Gasteiger partial charge in [0.15, 0.2) is 11.5 Å². The number of para-hydroxylation sites is 2. The van der Waals surface area contributed by atoms with Crippen molar-refractivity contribution >= 4 is 27.6 Å². The molecular formula is C20H21N3O5. The number of hydrogen-bond donors (Lipinski definition) is 1. The van der Waals surface area contributed by atoms with E-state index in [2.05, 4.69) is 4.98 Å². The molecule has 0 amide bonds. The van der Waals surface area contributed by atoms with E-state index in [0.29, 0.717) is 42.1 Å². The molecule has 0 aliphatic carbocycles. The number of ether oxygens (including phenoxy) is 4. The number of phenolic OH excluding ortho intramolecular Hbond substituents is 1. The molecule has 1 N–H and O–H groups in total. The highest BCUT2D eigenvalue weighted by Gasteiger charge is 2.20. The van der Waals surface area contributed by atoms with Crippen LogP contribution in [0.5, 0.6) is 17.2 Å². The molecule has 2 aromatic carbocycles. The van der Waals surface area contributed by atoms with Crippen LogP contribution in [0.4, 0.5) is 0 Å². The lowest BCUT2D eigenvalue weighted by Crippen LogP contribution is -2.09. The topological polar surface area (TPSA) is 87.3 Å². The molecule has 0 radical (unpaired) electrons. The number of rotatable bonds is 8. The van der Waals surface area contributed by atoms with Gasteiger partial charge in [0.05, 0.1) is 29.6 Å². The molecule has 8 heteroatoms. The number of nitrogens with zero attached hydrogens (tertiary/aromatic N) is 3. The van der Waals surface area contributed by atoms with Gasteiger partial charge in [-0.25, -0.2) is 9.97 Å². The van der Waals surface area contributed by atoms with Gasteiger partial charge in [0.25, 0.3) is 0 Å². The first-order chi connectivity index (χ1) is 13.7. The summed E-state index contributed by atoms with van der Waals surface area (Å²) in [5.74, 6) is 0.546. The third kappa shape index (κ3) is 3.17. The number of phenols is 1. The quantitative estimate of drug-likeness (QED) is 0.468. The van der Waals surface area contributed by atoms with Gasteiger partial charge in [-0.05, 0) is 18.2 Å². The molecule has 4 rings (SSSR count). The fourth-order valence-corrected chi connectivity index (χ4v) is 3.09. The highest BCUT2D eigenvalue weighted by atomic mass is 16.6. The van der Waals surface area contributed by atoms with E-state index in [4.69, 9.17) is 23.9 Å². The van der Waals surface area contributed by atoms with Crippen molar-refractivity contribution in [1.82, 2.24) is 14.4 Å². The average Bonchev–Trinajstić information content (AvgIpc) is 3.09. The van der Waals surface area contributed by atoms with Crippen LogP contribution in [0.15, 0.2) is 36.7 Å². The minimum atomic E-state index is -0.0874. The van der Waals surface area contributed by atoms with Crippen LogP contribution in [0.2, 0.25) is 0 Å². The summed E-state index contributed by atoms with van der Waals surface area (Å²) >= 11 is 0. The molecule has 2 aromatic heterocycles. The van der Waals surface area contributed by atoms with Gasteiger partial charge in [-0.3, -0.25) is 4.40 Å². The molecule has 146 valence electrons. The van der Waals surface area contributed by atoms with Crippen molar-refractivity contribution in [2.75, 3.05) is 40.6 Å². The lowest BCUT2D eigenvalue weighted by molar-refractivity contribution is 0.131. The van der Waals surface area contributed by atoms with E-state index in [1.807, 2.05) is 28.7 Å². The molecule has 0 atom stereocenters. The Morgan fingerprint density at radius 2 is 1.75 bits per heavy atom. The van der Waals surface area contributed by atoms with Crippen LogP contribution in [0.3, 0.4) is 0 Å². The van der Waals surface area contributed by atoms with E-state index >= 15 is 0 Å². The summed E-state index contributed by atoms with van der Waals surface area (Å²) in [6.07, 6.45) is 1.65. The minimum Gasteiger partial charge on any atom is -0.503 e. The van der Waals surface area contributed by atoms with Crippen LogP contribution in [-0.2, 0) is 9.47 Å². The number of benzene rings is 2. The molecule has 4 aromatic rings. The number of methoxy groups -OCH3 is 2. The van der Waals surface area contributed by atoms with Crippen molar-refractivity contribution in [2.45, 2.75) is 0 Å². The van der Waals surface area contributed by atoms with Gasteiger partial charge in [-0.2, -0.15) is 0 Å². The first kappa shape index (κ1) is 18.3. The van der Waals surface area contributed by atoms with Gasteiger partial charge in [-0.1, -0.05) is 12.1 Å². The number of imidazole rings is 1. The van der Waals surface area contributed by atoms with E-state index in [1.165, 1.54) is 0 Å². The second-order valence-corrected chi connectivity index (χ2v) is 6.17. The van der Waals surface area contributed by atoms with Gasteiger partial charge >= 0.3 is 0 Å². The zero-order valence-corrected chi connectivity index (χ0v) is 15.7. The Morgan fingerprint density at radius 1 is 1.00 bits per heavy atom. The Hall–Kier alpha value is -3.10. The maximum atomic E-state index is 10.8. The SMILES string of the molecule is COCCOc1cc2c(ncn3c4ccccc4nc23)c(O)c1OCCOC. The van der Waals surface area contributed by atoms with Gasteiger partial charge in [0.2, 0.25) is 5.75 Å². The molecule has 0 aliphatic rings. The summed E-state index contributed by atoms with van der Waals surface area (Å²) in [6.45, 7) is 1.37. The average molecular weight is 383 g/mol. The Balaban J connectivity index is 1.90. The predicted molar refractivity (Wildman–Crippen MR) is 104 cm³/mol. The monoisotopic (exact) mass is 383 g/mol. The van der Waals surface area contributed by atoms with Crippen molar-refractivity contribution in [1.29, 1.82) is 0 Å². The standard InChI is InChI=1S/C20H21N3O5/c1-25-7-9-27-16-11-13-17(18(24)19(16)28-10-8-26-2)21-12-23-15-6-4-3-5-14(15)22-20(13)23/h3-6,11-12,24H,7-10H2,1-2H3. The highest BCUT2D eigenvalue weighted by molar-refractivity contribution is 6.00. The Morgan fingerprint density at radius 3 is 2.54 bits per heavy atom. The fourth-order valence-electron chi connectivity index (χ4n) is 3.09. The van der Waals surface area contributed by atoms with Gasteiger partial charge in [0, 0.05) is 14.2 Å². The molecule has 28 heavy (non-hydrogen) atoms. The molecule has 0 spiro atoms. The third-order valence-corrected chi connectivity index (χ3v) is 4.41. The molecule has 0 bridgehead atoms. The summed E-state index contributed by atoms with van der Waals surface area (Å²) in [7, 11) is 3.18. The maximum Gasteiger partial charge on any atom is 0.205 e. The van der Waals surface area contributed by atoms with Crippen molar-refractivity contribution in [2.24, 2.45) is 0 Å². The third-order valence-electron chi connectivity index (χ3n) is 4.41. The van der Waals surface area contributed by atoms with E-state index in [1.54, 1.807) is 26.6 Å². The van der Waals surface area contributed by atoms with Crippen molar-refractivity contribution in [3.63, 3.8) is 0 Å². The zero-order chi connectivity index (χ0) is 19.5. The zero-order valence-electron chi connectivity index (χ0n) is 15.7. The first-order valence-corrected chi connectivity index (χ1v) is 8.89. The van der Waals surface area contributed by atoms with Gasteiger partial charge in [0.1, 0.15) is 30.7 Å². The molecular weight excluding hydrogens is 362 g/mol. The highest BCUT2D eigenvalue weighted by Crippen LogP contribution is 2.43. The summed E-state index contributed by atoms with van der Waals surface area (Å²) in [6, 6.07) is 9.58. The Kier molecular flexibility index (Phi) is 5.14. The molecule has 8 nitrogen and oxygen atoms in total. The molecule has 0 unspecified atom stereocenters. The fraction of sp³-hybridized carbons (Fsp3) is 0.300. The van der Waals surface area contributed by atoms with Crippen LogP contribution in [0.1, 0.15) is 0 Å². The minimum absolute atomic E-state index is 0.0874. The van der Waals surface area contributed by atoms with E-state index in [9.17, 15) is 5.11 Å². The summed E-state index contributed by atoms with van der Waals surface area (Å²) in [4.78, 5) is 9.14. The number of aromatic nitrogens is 3. The van der Waals surface area contributed by atoms with Crippen LogP contribution in [-0.4, -0.2) is 60.1 Å². The number of fused-ring (bicyclic) bond motifs is 5. The largest absolute Gasteiger partial charge is 0.503 e. The second kappa shape index (κ2) is 7.87. The summed E-state index contributed by atoms with van der Waals surface area (Å²) < 4.78 is 23.5. The van der Waals surface area contributed by atoms with Crippen molar-refractivity contribution in [3.05, 3.63) is 36.7 Å². The Bertz CT molecular complexity index is 1130. The van der Waals surface area contributed by atoms with E-state index in [0.717, 1.165) is 11.0 Å². The number of hydrogen-bond acceptors (Lipinski definition) is 7. The molecule has 0 saturated heterocycles. The van der Waals surface area contributed by atoms with Gasteiger partial charge in [-0.15, -0.1) is 0 Å². The summed E-state index contributed by atoms with van der Waals surface area (Å²) in [5.41, 5.74) is 2.86. The lowest BCUT2D eigenvalue weighted by atomic mass is 10.2. The molecule has 2 heterocycles. The molecule has 0 fully saturated rings. The van der Waals surface area contributed by atoms with Crippen LogP contribution < -0.4 is 9.47 Å². The number of aromatic hydroxyl groups is 1. The summed E-state index contributed by atoms with van der Waals surface area (Å²) in [5, 5.41) is 11.5. The molecule has 0 saturated carbocycles. The van der Waals surface area contributed by atoms with Crippen molar-refractivity contribution < 1.29 is 24.1 Å². The Labute approximate surface area is 161 Å². The van der Waals surface area contributed by atoms with E-state index < -0.39 is 0 Å². The van der Waals surface area contributed by atoms with E-state index in [-0.39, 0.29) is 18.1 Å². The second-order valence-electron chi connectivity index (χ2n) is 6.17. The van der Waals surface area contributed by atoms with Crippen LogP contribution >= 0.6 is 0 Å². The maximum absolute atomic E-state index is 10.8. The molecule has 0 aliphatic heterocycles. The first-order valence-electron chi connectivity index (χ1n) is 8.89. The lowest BCUT2D eigenvalue weighted by Gasteiger charge is -2.15. The van der Waals surface area contributed by atoms with Crippen molar-refractivity contribution in [3.8, 4) is 17.2 Å². The van der Waals surface area contributed by atoms with Gasteiger partial charge < -0.3 is 24.1 Å². The predicted octanol–water partition coefficient (Wildman–Crippen LogP) is 2.79. The van der Waals surface area contributed by atoms with Crippen LogP contribution in [0.25, 0.3) is 27.6 Å².